The number of aliphatic carboxylic acids is 2. The first kappa shape index (κ1) is 19.8. The first-order chi connectivity index (χ1) is 11.4. The molecule has 2 N–H and O–H groups in total. The number of carboxylic acids is 2. The molecular formula is C16H23N3O5. The number of hydrogen-bond donors (Lipinski definition) is 2. The summed E-state index contributed by atoms with van der Waals surface area (Å²) in [5.74, 6) is -2.51. The minimum Gasteiger partial charge on any atom is -0.478 e. The smallest absolute Gasteiger partial charge is 0.328 e. The highest BCUT2D eigenvalue weighted by Crippen LogP contribution is 2.14. The number of hydrogen-bond acceptors (Lipinski definition) is 6. The maximum absolute atomic E-state index is 9.55. The standard InChI is InChI=1S/C12H19N3O.C4H4O4/c1-11(3-2-4-13)14-5-7-15(8-6-14)12-9-16-10-12;5-3(6)1-2-4(7)8/h2-3,11-12H,5-10H2,1H3;1-2H,(H,5,6)(H,7,8)/b;2-1-. The number of ether oxygens (including phenoxy) is 1. The molecule has 2 heterocycles. The van der Waals surface area contributed by atoms with Crippen LogP contribution in [0.15, 0.2) is 24.3 Å². The summed E-state index contributed by atoms with van der Waals surface area (Å²) in [5, 5.41) is 24.1. The lowest BCUT2D eigenvalue weighted by Crippen LogP contribution is -2.57. The van der Waals surface area contributed by atoms with Gasteiger partial charge in [0.25, 0.3) is 0 Å². The van der Waals surface area contributed by atoms with Crippen molar-refractivity contribution < 1.29 is 24.5 Å². The highest BCUT2D eigenvalue weighted by molar-refractivity contribution is 5.89. The lowest BCUT2D eigenvalue weighted by atomic mass is 10.1. The third-order valence-corrected chi connectivity index (χ3v) is 3.88. The minimum atomic E-state index is -1.26. The quantitative estimate of drug-likeness (QED) is 0.539. The van der Waals surface area contributed by atoms with Gasteiger partial charge in [-0.3, -0.25) is 9.80 Å². The van der Waals surface area contributed by atoms with Crippen LogP contribution < -0.4 is 0 Å². The predicted molar refractivity (Wildman–Crippen MR) is 86.4 cm³/mol. The van der Waals surface area contributed by atoms with Gasteiger partial charge in [0.05, 0.1) is 25.3 Å². The molecule has 0 aliphatic carbocycles. The van der Waals surface area contributed by atoms with Gasteiger partial charge in [-0.25, -0.2) is 9.59 Å². The summed E-state index contributed by atoms with van der Waals surface area (Å²) < 4.78 is 5.21. The van der Waals surface area contributed by atoms with E-state index in [1.807, 2.05) is 12.1 Å². The number of nitriles is 1. The van der Waals surface area contributed by atoms with E-state index >= 15 is 0 Å². The van der Waals surface area contributed by atoms with E-state index < -0.39 is 11.9 Å². The zero-order valence-corrected chi connectivity index (χ0v) is 13.7. The molecule has 0 bridgehead atoms. The lowest BCUT2D eigenvalue weighted by Gasteiger charge is -2.43. The first-order valence-corrected chi connectivity index (χ1v) is 7.70. The molecule has 0 saturated carbocycles. The summed E-state index contributed by atoms with van der Waals surface area (Å²) in [5.41, 5.74) is 0. The average Bonchev–Trinajstić information content (AvgIpc) is 2.50. The second-order valence-corrected chi connectivity index (χ2v) is 5.50. The van der Waals surface area contributed by atoms with Crippen molar-refractivity contribution in [3.05, 3.63) is 24.3 Å². The number of carboxylic acid groups (broad SMARTS) is 2. The van der Waals surface area contributed by atoms with Crippen LogP contribution in [0.1, 0.15) is 6.92 Å². The van der Waals surface area contributed by atoms with E-state index in [0.717, 1.165) is 39.4 Å². The van der Waals surface area contributed by atoms with Crippen molar-refractivity contribution >= 4 is 11.9 Å². The molecule has 0 amide bonds. The van der Waals surface area contributed by atoms with E-state index in [1.165, 1.54) is 0 Å². The Morgan fingerprint density at radius 1 is 1.17 bits per heavy atom. The molecule has 2 fully saturated rings. The zero-order chi connectivity index (χ0) is 17.9. The molecule has 0 spiro atoms. The summed E-state index contributed by atoms with van der Waals surface area (Å²) in [7, 11) is 0. The summed E-state index contributed by atoms with van der Waals surface area (Å²) in [6.07, 6.45) is 4.67. The molecule has 0 radical (unpaired) electrons. The predicted octanol–water partition coefficient (Wildman–Crippen LogP) is 0.183. The summed E-state index contributed by atoms with van der Waals surface area (Å²) in [6.45, 7) is 8.39. The van der Waals surface area contributed by atoms with Crippen LogP contribution in [0.25, 0.3) is 0 Å². The van der Waals surface area contributed by atoms with Gasteiger partial charge in [0.15, 0.2) is 0 Å². The molecule has 8 nitrogen and oxygen atoms in total. The second-order valence-electron chi connectivity index (χ2n) is 5.50. The fourth-order valence-electron chi connectivity index (χ4n) is 2.39. The van der Waals surface area contributed by atoms with Gasteiger partial charge in [0.1, 0.15) is 0 Å². The van der Waals surface area contributed by atoms with E-state index in [9.17, 15) is 9.59 Å². The second kappa shape index (κ2) is 10.5. The monoisotopic (exact) mass is 337 g/mol. The average molecular weight is 337 g/mol. The molecule has 8 heteroatoms. The SMILES string of the molecule is CC(C=CC#N)N1CCN(C2COC2)CC1.O=C(O)/C=C\C(=O)O. The molecule has 0 aromatic carbocycles. The lowest BCUT2D eigenvalue weighted by molar-refractivity contribution is -0.134. The highest BCUT2D eigenvalue weighted by Gasteiger charge is 2.29. The molecule has 132 valence electrons. The van der Waals surface area contributed by atoms with Gasteiger partial charge in [-0.2, -0.15) is 5.26 Å². The van der Waals surface area contributed by atoms with Gasteiger partial charge >= 0.3 is 11.9 Å². The molecule has 0 aromatic heterocycles. The Balaban J connectivity index is 0.000000307. The first-order valence-electron chi connectivity index (χ1n) is 7.70. The molecule has 2 aliphatic heterocycles. The van der Waals surface area contributed by atoms with Crippen molar-refractivity contribution in [2.45, 2.75) is 19.0 Å². The molecular weight excluding hydrogens is 314 g/mol. The Kier molecular flexibility index (Phi) is 8.71. The fourth-order valence-corrected chi connectivity index (χ4v) is 2.39. The van der Waals surface area contributed by atoms with Crippen LogP contribution in [-0.2, 0) is 14.3 Å². The summed E-state index contributed by atoms with van der Waals surface area (Å²) in [6, 6.07) is 3.08. The van der Waals surface area contributed by atoms with Crippen LogP contribution in [0.3, 0.4) is 0 Å². The van der Waals surface area contributed by atoms with Crippen LogP contribution in [-0.4, -0.2) is 83.4 Å². The normalized spacial score (nSPS) is 20.8. The fraction of sp³-hybridized carbons (Fsp3) is 0.562. The number of carbonyl (C=O) groups is 2. The number of rotatable bonds is 5. The van der Waals surface area contributed by atoms with E-state index in [1.54, 1.807) is 6.08 Å². The Hall–Kier alpha value is -2.21. The van der Waals surface area contributed by atoms with Crippen molar-refractivity contribution in [2.24, 2.45) is 0 Å². The maximum Gasteiger partial charge on any atom is 0.328 e. The Labute approximate surface area is 141 Å². The van der Waals surface area contributed by atoms with Gasteiger partial charge < -0.3 is 14.9 Å². The summed E-state index contributed by atoms with van der Waals surface area (Å²) >= 11 is 0. The number of allylic oxidation sites excluding steroid dienone is 1. The largest absolute Gasteiger partial charge is 0.478 e. The van der Waals surface area contributed by atoms with Crippen molar-refractivity contribution in [3.63, 3.8) is 0 Å². The molecule has 1 unspecified atom stereocenters. The van der Waals surface area contributed by atoms with Gasteiger partial charge in [-0.15, -0.1) is 0 Å². The van der Waals surface area contributed by atoms with Crippen molar-refractivity contribution in [2.75, 3.05) is 39.4 Å². The van der Waals surface area contributed by atoms with Crippen LogP contribution in [0.2, 0.25) is 0 Å². The van der Waals surface area contributed by atoms with E-state index in [0.29, 0.717) is 24.2 Å². The van der Waals surface area contributed by atoms with Crippen LogP contribution in [0.4, 0.5) is 0 Å². The van der Waals surface area contributed by atoms with Crippen LogP contribution in [0.5, 0.6) is 0 Å². The van der Waals surface area contributed by atoms with Crippen molar-refractivity contribution in [3.8, 4) is 6.07 Å². The van der Waals surface area contributed by atoms with Gasteiger partial charge in [0.2, 0.25) is 0 Å². The van der Waals surface area contributed by atoms with Crippen molar-refractivity contribution in [1.82, 2.24) is 9.80 Å². The number of nitrogens with zero attached hydrogens (tertiary/aromatic N) is 3. The van der Waals surface area contributed by atoms with Gasteiger partial charge in [-0.05, 0) is 6.92 Å². The highest BCUT2D eigenvalue weighted by atomic mass is 16.5. The van der Waals surface area contributed by atoms with E-state index in [2.05, 4.69) is 16.7 Å². The molecule has 0 aromatic rings. The van der Waals surface area contributed by atoms with Gasteiger partial charge in [-0.1, -0.05) is 6.08 Å². The molecule has 2 rings (SSSR count). The summed E-state index contributed by atoms with van der Waals surface area (Å²) in [4.78, 5) is 24.0. The van der Waals surface area contributed by atoms with Crippen molar-refractivity contribution in [1.29, 1.82) is 5.26 Å². The molecule has 1 atom stereocenters. The topological polar surface area (TPSA) is 114 Å². The molecule has 24 heavy (non-hydrogen) atoms. The van der Waals surface area contributed by atoms with Gasteiger partial charge in [0, 0.05) is 50.4 Å². The van der Waals surface area contributed by atoms with E-state index in [-0.39, 0.29) is 0 Å². The third-order valence-electron chi connectivity index (χ3n) is 3.88. The van der Waals surface area contributed by atoms with Crippen LogP contribution in [0, 0.1) is 11.3 Å². The third kappa shape index (κ3) is 7.37. The number of piperazine rings is 1. The Bertz CT molecular complexity index is 498. The Morgan fingerprint density at radius 3 is 2.08 bits per heavy atom. The minimum absolute atomic E-state index is 0.374. The maximum atomic E-state index is 9.55. The molecule has 2 saturated heterocycles. The van der Waals surface area contributed by atoms with Crippen LogP contribution >= 0.6 is 0 Å². The Morgan fingerprint density at radius 2 is 1.71 bits per heavy atom. The van der Waals surface area contributed by atoms with E-state index in [4.69, 9.17) is 20.2 Å². The zero-order valence-electron chi connectivity index (χ0n) is 13.7. The molecule has 2 aliphatic rings.